The molecule has 0 bridgehead atoms. The fourth-order valence-electron chi connectivity index (χ4n) is 2.00. The molecule has 0 saturated carbocycles. The number of halogens is 4. The molecule has 0 amide bonds. The summed E-state index contributed by atoms with van der Waals surface area (Å²) in [5.41, 5.74) is -0.780. The largest absolute Gasteiger partial charge is 0.490 e. The number of hydrogen-bond donors (Lipinski definition) is 1. The maximum atomic E-state index is 12.9. The van der Waals surface area contributed by atoms with Gasteiger partial charge in [0.1, 0.15) is 18.5 Å². The second kappa shape index (κ2) is 6.32. The SMILES string of the molecule is CC1CNCC(COc2cc(Br)ccc2C(F)(F)F)O1. The second-order valence-electron chi connectivity index (χ2n) is 4.68. The van der Waals surface area contributed by atoms with Gasteiger partial charge in [0.05, 0.1) is 11.7 Å². The number of morpholine rings is 1. The minimum absolute atomic E-state index is 0.0296. The minimum Gasteiger partial charge on any atom is -0.490 e. The molecule has 7 heteroatoms. The summed E-state index contributed by atoms with van der Waals surface area (Å²) in [6.07, 6.45) is -4.66. The van der Waals surface area contributed by atoms with Gasteiger partial charge in [-0.3, -0.25) is 0 Å². The third kappa shape index (κ3) is 4.10. The zero-order valence-electron chi connectivity index (χ0n) is 10.8. The van der Waals surface area contributed by atoms with Crippen LogP contribution in [0, 0.1) is 0 Å². The van der Waals surface area contributed by atoms with Crippen molar-refractivity contribution in [2.45, 2.75) is 25.3 Å². The second-order valence-corrected chi connectivity index (χ2v) is 5.59. The topological polar surface area (TPSA) is 30.5 Å². The Hall–Kier alpha value is -0.790. The van der Waals surface area contributed by atoms with E-state index in [-0.39, 0.29) is 24.6 Å². The molecule has 2 atom stereocenters. The van der Waals surface area contributed by atoms with E-state index in [1.165, 1.54) is 12.1 Å². The van der Waals surface area contributed by atoms with Crippen LogP contribution in [0.2, 0.25) is 0 Å². The summed E-state index contributed by atoms with van der Waals surface area (Å²) in [5.74, 6) is -0.186. The Morgan fingerprint density at radius 2 is 2.15 bits per heavy atom. The molecule has 3 nitrogen and oxygen atoms in total. The first-order chi connectivity index (χ1) is 9.36. The number of hydrogen-bond acceptors (Lipinski definition) is 3. The number of nitrogens with one attached hydrogen (secondary N) is 1. The van der Waals surface area contributed by atoms with Gasteiger partial charge in [0.15, 0.2) is 0 Å². The molecule has 1 saturated heterocycles. The first kappa shape index (κ1) is 15.6. The van der Waals surface area contributed by atoms with Gasteiger partial charge in [0, 0.05) is 17.6 Å². The Balaban J connectivity index is 2.06. The van der Waals surface area contributed by atoms with E-state index in [0.717, 1.165) is 12.6 Å². The highest BCUT2D eigenvalue weighted by molar-refractivity contribution is 9.10. The lowest BCUT2D eigenvalue weighted by Crippen LogP contribution is -2.45. The van der Waals surface area contributed by atoms with Crippen LogP contribution >= 0.6 is 15.9 Å². The van der Waals surface area contributed by atoms with Crippen LogP contribution < -0.4 is 10.1 Å². The van der Waals surface area contributed by atoms with E-state index in [1.54, 1.807) is 0 Å². The Morgan fingerprint density at radius 1 is 1.40 bits per heavy atom. The summed E-state index contributed by atoms with van der Waals surface area (Å²) in [7, 11) is 0. The Labute approximate surface area is 123 Å². The number of alkyl halides is 3. The van der Waals surface area contributed by atoms with Crippen LogP contribution in [0.15, 0.2) is 22.7 Å². The third-order valence-corrected chi connectivity index (χ3v) is 3.40. The van der Waals surface area contributed by atoms with Crippen molar-refractivity contribution in [1.82, 2.24) is 5.32 Å². The van der Waals surface area contributed by atoms with Crippen molar-refractivity contribution >= 4 is 15.9 Å². The number of rotatable bonds is 3. The molecule has 20 heavy (non-hydrogen) atoms. The average molecular weight is 354 g/mol. The summed E-state index contributed by atoms with van der Waals surface area (Å²) in [4.78, 5) is 0. The van der Waals surface area contributed by atoms with Crippen LogP contribution in [-0.4, -0.2) is 31.9 Å². The van der Waals surface area contributed by atoms with Crippen molar-refractivity contribution in [1.29, 1.82) is 0 Å². The Bertz CT molecular complexity index is 467. The summed E-state index contributed by atoms with van der Waals surface area (Å²) < 4.78 is 50.0. The van der Waals surface area contributed by atoms with E-state index in [1.807, 2.05) is 6.92 Å². The maximum absolute atomic E-state index is 12.9. The van der Waals surface area contributed by atoms with Crippen molar-refractivity contribution in [3.8, 4) is 5.75 Å². The van der Waals surface area contributed by atoms with Gasteiger partial charge < -0.3 is 14.8 Å². The molecule has 2 unspecified atom stereocenters. The highest BCUT2D eigenvalue weighted by Crippen LogP contribution is 2.37. The van der Waals surface area contributed by atoms with Crippen molar-refractivity contribution in [3.05, 3.63) is 28.2 Å². The van der Waals surface area contributed by atoms with Crippen LogP contribution in [0.25, 0.3) is 0 Å². The van der Waals surface area contributed by atoms with Gasteiger partial charge >= 0.3 is 6.18 Å². The predicted octanol–water partition coefficient (Wildman–Crippen LogP) is 3.22. The molecule has 0 aliphatic carbocycles. The van der Waals surface area contributed by atoms with Gasteiger partial charge in [-0.05, 0) is 25.1 Å². The zero-order valence-corrected chi connectivity index (χ0v) is 12.4. The van der Waals surface area contributed by atoms with E-state index in [0.29, 0.717) is 11.0 Å². The molecule has 1 N–H and O–H groups in total. The fourth-order valence-corrected chi connectivity index (χ4v) is 2.34. The summed E-state index contributed by atoms with van der Waals surface area (Å²) in [6.45, 7) is 3.29. The number of benzene rings is 1. The molecule has 1 aliphatic rings. The first-order valence-corrected chi connectivity index (χ1v) is 7.01. The average Bonchev–Trinajstić information content (AvgIpc) is 2.35. The molecule has 0 radical (unpaired) electrons. The van der Waals surface area contributed by atoms with E-state index in [4.69, 9.17) is 9.47 Å². The molecule has 0 spiro atoms. The normalized spacial score (nSPS) is 23.6. The van der Waals surface area contributed by atoms with Gasteiger partial charge in [-0.15, -0.1) is 0 Å². The van der Waals surface area contributed by atoms with Crippen molar-refractivity contribution < 1.29 is 22.6 Å². The minimum atomic E-state index is -4.44. The summed E-state index contributed by atoms with van der Waals surface area (Å²) in [6, 6.07) is 3.67. The van der Waals surface area contributed by atoms with E-state index in [9.17, 15) is 13.2 Å². The Morgan fingerprint density at radius 3 is 2.80 bits per heavy atom. The van der Waals surface area contributed by atoms with Gasteiger partial charge in [0.25, 0.3) is 0 Å². The molecule has 112 valence electrons. The van der Waals surface area contributed by atoms with E-state index in [2.05, 4.69) is 21.2 Å². The fraction of sp³-hybridized carbons (Fsp3) is 0.538. The van der Waals surface area contributed by atoms with E-state index < -0.39 is 11.7 Å². The quantitative estimate of drug-likeness (QED) is 0.904. The van der Waals surface area contributed by atoms with E-state index >= 15 is 0 Å². The van der Waals surface area contributed by atoms with Crippen LogP contribution in [0.3, 0.4) is 0 Å². The summed E-state index contributed by atoms with van der Waals surface area (Å²) >= 11 is 3.15. The molecule has 1 heterocycles. The zero-order chi connectivity index (χ0) is 14.8. The van der Waals surface area contributed by atoms with Crippen molar-refractivity contribution in [2.75, 3.05) is 19.7 Å². The lowest BCUT2D eigenvalue weighted by molar-refractivity contribution is -0.139. The molecular weight excluding hydrogens is 339 g/mol. The Kier molecular flexibility index (Phi) is 4.93. The van der Waals surface area contributed by atoms with Gasteiger partial charge in [-0.2, -0.15) is 13.2 Å². The predicted molar refractivity (Wildman–Crippen MR) is 71.8 cm³/mol. The van der Waals surface area contributed by atoms with Gasteiger partial charge in [-0.25, -0.2) is 0 Å². The van der Waals surface area contributed by atoms with Crippen LogP contribution in [0.5, 0.6) is 5.75 Å². The highest BCUT2D eigenvalue weighted by Gasteiger charge is 2.34. The van der Waals surface area contributed by atoms with Crippen molar-refractivity contribution in [2.24, 2.45) is 0 Å². The standard InChI is InChI=1S/C13H15BrF3NO2/c1-8-5-18-6-10(20-8)7-19-12-4-9(14)2-3-11(12)13(15,16)17/h2-4,8,10,18H,5-7H2,1H3. The molecule has 1 aromatic rings. The molecule has 1 aromatic carbocycles. The molecule has 1 aliphatic heterocycles. The third-order valence-electron chi connectivity index (χ3n) is 2.90. The monoisotopic (exact) mass is 353 g/mol. The van der Waals surface area contributed by atoms with Crippen LogP contribution in [-0.2, 0) is 10.9 Å². The van der Waals surface area contributed by atoms with Gasteiger partial charge in [-0.1, -0.05) is 15.9 Å². The molecule has 0 aromatic heterocycles. The maximum Gasteiger partial charge on any atom is 0.419 e. The molecule has 1 fully saturated rings. The van der Waals surface area contributed by atoms with Crippen molar-refractivity contribution in [3.63, 3.8) is 0 Å². The first-order valence-electron chi connectivity index (χ1n) is 6.22. The molecule has 2 rings (SSSR count). The lowest BCUT2D eigenvalue weighted by atomic mass is 10.2. The summed E-state index contributed by atoms with van der Waals surface area (Å²) in [5, 5.41) is 3.14. The lowest BCUT2D eigenvalue weighted by Gasteiger charge is -2.29. The number of ether oxygens (including phenoxy) is 2. The van der Waals surface area contributed by atoms with Crippen LogP contribution in [0.1, 0.15) is 12.5 Å². The smallest absolute Gasteiger partial charge is 0.419 e. The highest BCUT2D eigenvalue weighted by atomic mass is 79.9. The van der Waals surface area contributed by atoms with Crippen LogP contribution in [0.4, 0.5) is 13.2 Å². The van der Waals surface area contributed by atoms with Gasteiger partial charge in [0.2, 0.25) is 0 Å². The molecular formula is C13H15BrF3NO2.